The van der Waals surface area contributed by atoms with Gasteiger partial charge in [-0.05, 0) is 46.6 Å². The molecule has 0 aromatic carbocycles. The highest BCUT2D eigenvalue weighted by molar-refractivity contribution is 7.91. The zero-order chi connectivity index (χ0) is 14.6. The van der Waals surface area contributed by atoms with Crippen molar-refractivity contribution in [2.45, 2.75) is 30.6 Å². The normalized spacial score (nSPS) is 14.0. The van der Waals surface area contributed by atoms with Gasteiger partial charge in [0.1, 0.15) is 4.21 Å². The molecule has 0 saturated heterocycles. The minimum Gasteiger partial charge on any atom is -0.315 e. The van der Waals surface area contributed by atoms with Gasteiger partial charge in [-0.25, -0.2) is 13.1 Å². The topological polar surface area (TPSA) is 61.4 Å². The fourth-order valence-electron chi connectivity index (χ4n) is 1.44. The Bertz CT molecular complexity index is 509. The van der Waals surface area contributed by atoms with Crippen molar-refractivity contribution in [2.75, 3.05) is 27.7 Å². The maximum Gasteiger partial charge on any atom is 0.250 e. The van der Waals surface area contributed by atoms with Crippen LogP contribution in [0.2, 0.25) is 0 Å². The second-order valence-electron chi connectivity index (χ2n) is 4.87. The van der Waals surface area contributed by atoms with Crippen molar-refractivity contribution in [3.05, 3.63) is 16.5 Å². The first-order valence-electron chi connectivity index (χ1n) is 6.18. The molecule has 0 fully saturated rings. The van der Waals surface area contributed by atoms with Gasteiger partial charge >= 0.3 is 0 Å². The molecule has 1 heterocycles. The van der Waals surface area contributed by atoms with E-state index in [1.165, 1.54) is 11.3 Å². The van der Waals surface area contributed by atoms with E-state index in [4.69, 9.17) is 0 Å². The molecule has 0 bridgehead atoms. The second-order valence-corrected chi connectivity index (χ2v) is 8.00. The van der Waals surface area contributed by atoms with Gasteiger partial charge in [-0.2, -0.15) is 0 Å². The zero-order valence-electron chi connectivity index (χ0n) is 12.1. The summed E-state index contributed by atoms with van der Waals surface area (Å²) in [4.78, 5) is 3.04. The lowest BCUT2D eigenvalue weighted by Gasteiger charge is -2.19. The van der Waals surface area contributed by atoms with Crippen LogP contribution in [0.15, 0.2) is 10.3 Å². The molecule has 0 aliphatic rings. The Labute approximate surface area is 120 Å². The summed E-state index contributed by atoms with van der Waals surface area (Å²) in [7, 11) is 2.32. The smallest absolute Gasteiger partial charge is 0.250 e. The van der Waals surface area contributed by atoms with Gasteiger partial charge in [0.15, 0.2) is 0 Å². The summed E-state index contributed by atoms with van der Waals surface area (Å²) < 4.78 is 27.4. The predicted octanol–water partition coefficient (Wildman–Crippen LogP) is 1.00. The first-order valence-corrected chi connectivity index (χ1v) is 8.48. The van der Waals surface area contributed by atoms with Crippen molar-refractivity contribution in [3.8, 4) is 0 Å². The molecule has 0 aliphatic carbocycles. The highest BCUT2D eigenvalue weighted by Crippen LogP contribution is 2.25. The number of nitrogens with zero attached hydrogens (tertiary/aromatic N) is 1. The van der Waals surface area contributed by atoms with Gasteiger partial charge in [-0.3, -0.25) is 0 Å². The third-order valence-electron chi connectivity index (χ3n) is 3.05. The van der Waals surface area contributed by atoms with E-state index in [1.807, 2.05) is 39.9 Å². The van der Waals surface area contributed by atoms with Crippen LogP contribution in [-0.4, -0.2) is 47.0 Å². The Morgan fingerprint density at radius 2 is 2.05 bits per heavy atom. The number of rotatable bonds is 7. The standard InChI is InChI=1S/C12H23N3O2S2/c1-9-6-12(18-11(9)8-13-3)19(16,17)14-7-10(2)15(4)5/h6,10,13-14H,7-8H2,1-5H3. The number of hydrogen-bond donors (Lipinski definition) is 2. The molecule has 7 heteroatoms. The number of thiophene rings is 1. The van der Waals surface area contributed by atoms with E-state index in [-0.39, 0.29) is 6.04 Å². The molecule has 1 aromatic rings. The minimum atomic E-state index is -3.39. The molecule has 1 atom stereocenters. The summed E-state index contributed by atoms with van der Waals surface area (Å²) in [6, 6.07) is 1.90. The molecule has 110 valence electrons. The molecule has 0 saturated carbocycles. The molecule has 1 rings (SSSR count). The van der Waals surface area contributed by atoms with E-state index in [0.29, 0.717) is 17.3 Å². The second kappa shape index (κ2) is 6.81. The van der Waals surface area contributed by atoms with E-state index in [9.17, 15) is 8.42 Å². The summed E-state index contributed by atoms with van der Waals surface area (Å²) in [6.45, 7) is 5.02. The Hall–Kier alpha value is -0.470. The average Bonchev–Trinajstić information content (AvgIpc) is 2.69. The Balaban J connectivity index is 2.80. The van der Waals surface area contributed by atoms with Crippen LogP contribution in [0.5, 0.6) is 0 Å². The fraction of sp³-hybridized carbons (Fsp3) is 0.667. The molecule has 19 heavy (non-hydrogen) atoms. The monoisotopic (exact) mass is 305 g/mol. The maximum absolute atomic E-state index is 12.2. The maximum atomic E-state index is 12.2. The van der Waals surface area contributed by atoms with Crippen LogP contribution >= 0.6 is 11.3 Å². The molecule has 1 aromatic heterocycles. The van der Waals surface area contributed by atoms with Crippen LogP contribution in [0.4, 0.5) is 0 Å². The van der Waals surface area contributed by atoms with Gasteiger partial charge in [0, 0.05) is 24.0 Å². The van der Waals surface area contributed by atoms with E-state index >= 15 is 0 Å². The highest BCUT2D eigenvalue weighted by Gasteiger charge is 2.19. The van der Waals surface area contributed by atoms with Crippen molar-refractivity contribution in [3.63, 3.8) is 0 Å². The number of aryl methyl sites for hydroxylation is 1. The van der Waals surface area contributed by atoms with Gasteiger partial charge in [-0.15, -0.1) is 11.3 Å². The summed E-state index contributed by atoms with van der Waals surface area (Å²) in [5, 5.41) is 3.04. The van der Waals surface area contributed by atoms with Crippen LogP contribution in [0, 0.1) is 6.92 Å². The van der Waals surface area contributed by atoms with Crippen LogP contribution in [-0.2, 0) is 16.6 Å². The third kappa shape index (κ3) is 4.54. The van der Waals surface area contributed by atoms with Crippen molar-refractivity contribution >= 4 is 21.4 Å². The quantitative estimate of drug-likeness (QED) is 0.789. The molecular weight excluding hydrogens is 282 g/mol. The van der Waals surface area contributed by atoms with Gasteiger partial charge in [0.25, 0.3) is 0 Å². The van der Waals surface area contributed by atoms with Crippen molar-refractivity contribution in [1.29, 1.82) is 0 Å². The molecule has 5 nitrogen and oxygen atoms in total. The van der Waals surface area contributed by atoms with E-state index < -0.39 is 10.0 Å². The van der Waals surface area contributed by atoms with Gasteiger partial charge in [-0.1, -0.05) is 0 Å². The SMILES string of the molecule is CNCc1sc(S(=O)(=O)NCC(C)N(C)C)cc1C. The molecule has 1 unspecified atom stereocenters. The van der Waals surface area contributed by atoms with E-state index in [1.54, 1.807) is 6.07 Å². The minimum absolute atomic E-state index is 0.160. The zero-order valence-corrected chi connectivity index (χ0v) is 13.8. The van der Waals surface area contributed by atoms with Gasteiger partial charge in [0.2, 0.25) is 10.0 Å². The number of hydrogen-bond acceptors (Lipinski definition) is 5. The molecule has 0 spiro atoms. The lowest BCUT2D eigenvalue weighted by molar-refractivity contribution is 0.314. The molecule has 2 N–H and O–H groups in total. The number of nitrogens with one attached hydrogen (secondary N) is 2. The first-order chi connectivity index (χ1) is 8.77. The van der Waals surface area contributed by atoms with Crippen LogP contribution < -0.4 is 10.0 Å². The summed E-state index contributed by atoms with van der Waals surface area (Å²) in [5.74, 6) is 0. The predicted molar refractivity (Wildman–Crippen MR) is 80.2 cm³/mol. The van der Waals surface area contributed by atoms with E-state index in [0.717, 1.165) is 10.4 Å². The molecule has 0 radical (unpaired) electrons. The summed E-state index contributed by atoms with van der Waals surface area (Å²) >= 11 is 1.32. The number of sulfonamides is 1. The largest absolute Gasteiger partial charge is 0.315 e. The first kappa shape index (κ1) is 16.6. The van der Waals surface area contributed by atoms with Crippen LogP contribution in [0.1, 0.15) is 17.4 Å². The van der Waals surface area contributed by atoms with Gasteiger partial charge < -0.3 is 10.2 Å². The fourth-order valence-corrected chi connectivity index (χ4v) is 4.21. The Kier molecular flexibility index (Phi) is 5.94. The lowest BCUT2D eigenvalue weighted by atomic mass is 10.3. The Morgan fingerprint density at radius 1 is 1.42 bits per heavy atom. The van der Waals surface area contributed by atoms with Crippen molar-refractivity contribution in [2.24, 2.45) is 0 Å². The lowest BCUT2D eigenvalue weighted by Crippen LogP contribution is -2.37. The van der Waals surface area contributed by atoms with Crippen molar-refractivity contribution < 1.29 is 8.42 Å². The third-order valence-corrected chi connectivity index (χ3v) is 6.18. The Morgan fingerprint density at radius 3 is 2.58 bits per heavy atom. The number of likely N-dealkylation sites (N-methyl/N-ethyl adjacent to an activating group) is 1. The molecular formula is C12H23N3O2S2. The van der Waals surface area contributed by atoms with Crippen LogP contribution in [0.25, 0.3) is 0 Å². The van der Waals surface area contributed by atoms with Crippen molar-refractivity contribution in [1.82, 2.24) is 14.9 Å². The van der Waals surface area contributed by atoms with Gasteiger partial charge in [0.05, 0.1) is 0 Å². The average molecular weight is 305 g/mol. The molecule has 0 amide bonds. The molecule has 0 aliphatic heterocycles. The van der Waals surface area contributed by atoms with E-state index in [2.05, 4.69) is 10.0 Å². The van der Waals surface area contributed by atoms with Crippen LogP contribution in [0.3, 0.4) is 0 Å². The summed E-state index contributed by atoms with van der Waals surface area (Å²) in [6.07, 6.45) is 0. The highest BCUT2D eigenvalue weighted by atomic mass is 32.2. The summed E-state index contributed by atoms with van der Waals surface area (Å²) in [5.41, 5.74) is 1.01.